The molecule has 4 N–H and O–H groups in total. The molecule has 1 aromatic carbocycles. The van der Waals surface area contributed by atoms with Crippen LogP contribution in [0.4, 0.5) is 23.0 Å². The van der Waals surface area contributed by atoms with Gasteiger partial charge in [0.2, 0.25) is 0 Å². The summed E-state index contributed by atoms with van der Waals surface area (Å²) >= 11 is 0. The van der Waals surface area contributed by atoms with E-state index < -0.39 is 5.91 Å². The lowest BCUT2D eigenvalue weighted by Crippen LogP contribution is -2.44. The van der Waals surface area contributed by atoms with E-state index >= 15 is 0 Å². The van der Waals surface area contributed by atoms with Crippen molar-refractivity contribution in [3.8, 4) is 11.3 Å². The standard InChI is InChI=1S/C27H34N8O2/c1-18-17-21(3-4-22(18)35-13-11-34(2)12-14-35)31-27-24(25(28)36)32-23(19-5-9-29-10-6-19)26(33-27)30-20-7-15-37-16-8-20/h3-6,9-10,17,20H,7-8,11-16H2,1-2H3,(H2,28,36)(H2,30,31,33). The van der Waals surface area contributed by atoms with Crippen LogP contribution in [-0.4, -0.2) is 78.2 Å². The van der Waals surface area contributed by atoms with Crippen molar-refractivity contribution in [3.05, 3.63) is 54.0 Å². The van der Waals surface area contributed by atoms with Crippen LogP contribution in [0.25, 0.3) is 11.3 Å². The molecule has 3 aromatic rings. The number of likely N-dealkylation sites (N-methyl/N-ethyl adjacent to an activating group) is 1. The Morgan fingerprint density at radius 2 is 1.76 bits per heavy atom. The summed E-state index contributed by atoms with van der Waals surface area (Å²) < 4.78 is 5.51. The number of nitrogens with two attached hydrogens (primary N) is 1. The molecule has 0 spiro atoms. The molecule has 10 nitrogen and oxygen atoms in total. The van der Waals surface area contributed by atoms with Gasteiger partial charge in [-0.1, -0.05) is 0 Å². The van der Waals surface area contributed by atoms with Crippen molar-refractivity contribution in [1.82, 2.24) is 19.9 Å². The molecule has 194 valence electrons. The zero-order chi connectivity index (χ0) is 25.8. The summed E-state index contributed by atoms with van der Waals surface area (Å²) in [5.74, 6) is 0.275. The molecule has 1 amide bonds. The summed E-state index contributed by atoms with van der Waals surface area (Å²) in [5, 5.41) is 6.84. The van der Waals surface area contributed by atoms with Crippen molar-refractivity contribution >= 4 is 28.9 Å². The average molecular weight is 503 g/mol. The number of hydrogen-bond acceptors (Lipinski definition) is 9. The highest BCUT2D eigenvalue weighted by Gasteiger charge is 2.23. The molecular weight excluding hydrogens is 468 g/mol. The van der Waals surface area contributed by atoms with Crippen LogP contribution in [0.3, 0.4) is 0 Å². The summed E-state index contributed by atoms with van der Waals surface area (Å²) in [6, 6.07) is 10.1. The number of benzene rings is 1. The van der Waals surface area contributed by atoms with Gasteiger partial charge >= 0.3 is 0 Å². The lowest BCUT2D eigenvalue weighted by atomic mass is 10.1. The van der Waals surface area contributed by atoms with Gasteiger partial charge in [-0.25, -0.2) is 9.97 Å². The number of amides is 1. The highest BCUT2D eigenvalue weighted by atomic mass is 16.5. The Hall–Kier alpha value is -3.76. The first-order valence-corrected chi connectivity index (χ1v) is 12.8. The molecule has 0 unspecified atom stereocenters. The minimum absolute atomic E-state index is 0.0881. The number of primary amides is 1. The van der Waals surface area contributed by atoms with Crippen LogP contribution in [0.15, 0.2) is 42.7 Å². The second-order valence-corrected chi connectivity index (χ2v) is 9.67. The molecule has 2 aliphatic heterocycles. The Labute approximate surface area is 217 Å². The monoisotopic (exact) mass is 502 g/mol. The predicted octanol–water partition coefficient (Wildman–Crippen LogP) is 3.03. The predicted molar refractivity (Wildman–Crippen MR) is 145 cm³/mol. The van der Waals surface area contributed by atoms with Crippen LogP contribution >= 0.6 is 0 Å². The van der Waals surface area contributed by atoms with E-state index in [9.17, 15) is 4.79 Å². The van der Waals surface area contributed by atoms with Gasteiger partial charge in [-0.05, 0) is 62.7 Å². The van der Waals surface area contributed by atoms with Gasteiger partial charge in [-0.15, -0.1) is 0 Å². The third kappa shape index (κ3) is 5.81. The van der Waals surface area contributed by atoms with E-state index in [-0.39, 0.29) is 11.7 Å². The van der Waals surface area contributed by atoms with Crippen LogP contribution in [0.1, 0.15) is 28.9 Å². The number of aromatic nitrogens is 3. The smallest absolute Gasteiger partial charge is 0.271 e. The number of hydrogen-bond donors (Lipinski definition) is 3. The summed E-state index contributed by atoms with van der Waals surface area (Å²) in [6.45, 7) is 7.58. The second kappa shape index (κ2) is 11.1. The topological polar surface area (TPSA) is 122 Å². The van der Waals surface area contributed by atoms with Gasteiger partial charge in [-0.3, -0.25) is 9.78 Å². The molecule has 4 heterocycles. The summed E-state index contributed by atoms with van der Waals surface area (Å²) in [6.07, 6.45) is 5.11. The van der Waals surface area contributed by atoms with Crippen LogP contribution in [0.2, 0.25) is 0 Å². The van der Waals surface area contributed by atoms with Crippen LogP contribution < -0.4 is 21.3 Å². The SMILES string of the molecule is Cc1cc(Nc2nc(NC3CCOCC3)c(-c3ccncc3)nc2C(N)=O)ccc1N1CCN(C)CC1. The van der Waals surface area contributed by atoms with Crippen molar-refractivity contribution in [3.63, 3.8) is 0 Å². The summed E-state index contributed by atoms with van der Waals surface area (Å²) in [5.41, 5.74) is 10.4. The molecular formula is C27H34N8O2. The highest BCUT2D eigenvalue weighted by molar-refractivity contribution is 5.97. The molecule has 2 fully saturated rings. The van der Waals surface area contributed by atoms with Gasteiger partial charge in [0.15, 0.2) is 17.3 Å². The normalized spacial score (nSPS) is 17.0. The fourth-order valence-corrected chi connectivity index (χ4v) is 4.81. The van der Waals surface area contributed by atoms with E-state index in [1.807, 2.05) is 18.2 Å². The number of nitrogens with one attached hydrogen (secondary N) is 2. The summed E-state index contributed by atoms with van der Waals surface area (Å²) in [4.78, 5) is 30.9. The maximum absolute atomic E-state index is 12.5. The molecule has 0 atom stereocenters. The first-order valence-electron chi connectivity index (χ1n) is 12.8. The van der Waals surface area contributed by atoms with E-state index in [1.165, 1.54) is 5.69 Å². The number of rotatable bonds is 7. The van der Waals surface area contributed by atoms with Gasteiger partial charge in [0.25, 0.3) is 5.91 Å². The Morgan fingerprint density at radius 3 is 2.43 bits per heavy atom. The largest absolute Gasteiger partial charge is 0.381 e. The quantitative estimate of drug-likeness (QED) is 0.447. The number of carbonyl (C=O) groups is 1. The van der Waals surface area contributed by atoms with E-state index in [2.05, 4.69) is 51.5 Å². The number of pyridine rings is 1. The van der Waals surface area contributed by atoms with Gasteiger partial charge in [-0.2, -0.15) is 0 Å². The van der Waals surface area contributed by atoms with Crippen molar-refractivity contribution in [2.24, 2.45) is 5.73 Å². The number of piperazine rings is 1. The van der Waals surface area contributed by atoms with E-state index in [4.69, 9.17) is 20.4 Å². The first kappa shape index (κ1) is 24.9. The molecule has 37 heavy (non-hydrogen) atoms. The number of nitrogens with zero attached hydrogens (tertiary/aromatic N) is 5. The minimum atomic E-state index is -0.645. The summed E-state index contributed by atoms with van der Waals surface area (Å²) in [7, 11) is 2.15. The van der Waals surface area contributed by atoms with Gasteiger partial charge in [0.05, 0.1) is 0 Å². The molecule has 0 aliphatic carbocycles. The number of ether oxygens (including phenoxy) is 1. The van der Waals surface area contributed by atoms with Gasteiger partial charge in [0, 0.05) is 74.8 Å². The average Bonchev–Trinajstić information content (AvgIpc) is 2.90. The number of anilines is 4. The molecule has 2 aromatic heterocycles. The molecule has 0 saturated carbocycles. The zero-order valence-electron chi connectivity index (χ0n) is 21.4. The lowest BCUT2D eigenvalue weighted by molar-refractivity contribution is 0.0904. The third-order valence-electron chi connectivity index (χ3n) is 6.95. The van der Waals surface area contributed by atoms with Gasteiger partial charge in [0.1, 0.15) is 5.69 Å². The fourth-order valence-electron chi connectivity index (χ4n) is 4.81. The molecule has 0 bridgehead atoms. The van der Waals surface area contributed by atoms with E-state index in [0.29, 0.717) is 30.5 Å². The fraction of sp³-hybridized carbons (Fsp3) is 0.407. The van der Waals surface area contributed by atoms with Crippen LogP contribution in [0.5, 0.6) is 0 Å². The third-order valence-corrected chi connectivity index (χ3v) is 6.95. The first-order chi connectivity index (χ1) is 18.0. The minimum Gasteiger partial charge on any atom is -0.381 e. The Kier molecular flexibility index (Phi) is 7.47. The Balaban J connectivity index is 1.47. The molecule has 2 saturated heterocycles. The van der Waals surface area contributed by atoms with Crippen molar-refractivity contribution < 1.29 is 9.53 Å². The van der Waals surface area contributed by atoms with Crippen molar-refractivity contribution in [2.75, 3.05) is 62.0 Å². The Morgan fingerprint density at radius 1 is 1.03 bits per heavy atom. The number of carbonyl (C=O) groups excluding carboxylic acids is 1. The number of aryl methyl sites for hydroxylation is 1. The highest BCUT2D eigenvalue weighted by Crippen LogP contribution is 2.31. The maximum atomic E-state index is 12.5. The van der Waals surface area contributed by atoms with Crippen molar-refractivity contribution in [1.29, 1.82) is 0 Å². The second-order valence-electron chi connectivity index (χ2n) is 9.67. The van der Waals surface area contributed by atoms with E-state index in [1.54, 1.807) is 12.4 Å². The molecule has 5 rings (SSSR count). The van der Waals surface area contributed by atoms with Crippen molar-refractivity contribution in [2.45, 2.75) is 25.8 Å². The van der Waals surface area contributed by atoms with Gasteiger partial charge < -0.3 is 30.9 Å². The molecule has 0 radical (unpaired) electrons. The van der Waals surface area contributed by atoms with Crippen LogP contribution in [0, 0.1) is 6.92 Å². The zero-order valence-corrected chi connectivity index (χ0v) is 21.4. The van der Waals surface area contributed by atoms with Crippen LogP contribution in [-0.2, 0) is 4.74 Å². The van der Waals surface area contributed by atoms with E-state index in [0.717, 1.165) is 55.8 Å². The maximum Gasteiger partial charge on any atom is 0.271 e. The Bertz CT molecular complexity index is 1240. The molecule has 10 heteroatoms. The molecule has 2 aliphatic rings. The lowest BCUT2D eigenvalue weighted by Gasteiger charge is -2.35.